The number of carbonyl (C=O) groups is 1. The molecular formula is C15H16N2O3. The lowest BCUT2D eigenvalue weighted by Crippen LogP contribution is -2.36. The molecule has 0 unspecified atom stereocenters. The number of rotatable bonds is 3. The van der Waals surface area contributed by atoms with Gasteiger partial charge in [-0.2, -0.15) is 0 Å². The minimum Gasteiger partial charge on any atom is -0.313 e. The Kier molecular flexibility index (Phi) is 3.70. The minimum atomic E-state index is -0.595. The SMILES string of the molecule is CC(=O)c1c[nH]c(=O)n(-c2cccc(C(C)C)c2)c1=O. The van der Waals surface area contributed by atoms with Crippen LogP contribution >= 0.6 is 0 Å². The summed E-state index contributed by atoms with van der Waals surface area (Å²) in [5.74, 6) is -0.0965. The van der Waals surface area contributed by atoms with Crippen molar-refractivity contribution in [2.75, 3.05) is 0 Å². The van der Waals surface area contributed by atoms with Gasteiger partial charge in [0.25, 0.3) is 5.56 Å². The maximum atomic E-state index is 12.2. The van der Waals surface area contributed by atoms with Crippen LogP contribution in [0.5, 0.6) is 0 Å². The summed E-state index contributed by atoms with van der Waals surface area (Å²) in [5.41, 5.74) is 0.301. The van der Waals surface area contributed by atoms with E-state index in [9.17, 15) is 14.4 Å². The average molecular weight is 272 g/mol. The number of hydrogen-bond acceptors (Lipinski definition) is 3. The first kappa shape index (κ1) is 14.0. The second kappa shape index (κ2) is 5.28. The first-order valence-electron chi connectivity index (χ1n) is 6.38. The molecule has 1 aromatic carbocycles. The second-order valence-corrected chi connectivity index (χ2v) is 4.95. The zero-order chi connectivity index (χ0) is 14.9. The summed E-state index contributed by atoms with van der Waals surface area (Å²) in [7, 11) is 0. The molecule has 5 heteroatoms. The highest BCUT2D eigenvalue weighted by Crippen LogP contribution is 2.16. The third-order valence-electron chi connectivity index (χ3n) is 3.15. The maximum absolute atomic E-state index is 12.2. The zero-order valence-electron chi connectivity index (χ0n) is 11.6. The zero-order valence-corrected chi connectivity index (χ0v) is 11.6. The fourth-order valence-electron chi connectivity index (χ4n) is 1.98. The van der Waals surface area contributed by atoms with Gasteiger partial charge in [0.15, 0.2) is 5.78 Å². The van der Waals surface area contributed by atoms with Crippen molar-refractivity contribution in [3.05, 3.63) is 62.4 Å². The van der Waals surface area contributed by atoms with E-state index < -0.39 is 11.2 Å². The van der Waals surface area contributed by atoms with Gasteiger partial charge in [-0.3, -0.25) is 9.59 Å². The molecule has 2 rings (SSSR count). The Balaban J connectivity index is 2.73. The van der Waals surface area contributed by atoms with Gasteiger partial charge in [-0.25, -0.2) is 9.36 Å². The number of carbonyl (C=O) groups excluding carboxylic acids is 1. The monoisotopic (exact) mass is 272 g/mol. The van der Waals surface area contributed by atoms with E-state index in [0.717, 1.165) is 16.3 Å². The smallest absolute Gasteiger partial charge is 0.313 e. The molecule has 0 saturated heterocycles. The largest absolute Gasteiger partial charge is 0.333 e. The molecule has 0 spiro atoms. The van der Waals surface area contributed by atoms with Gasteiger partial charge < -0.3 is 4.98 Å². The fraction of sp³-hybridized carbons (Fsp3) is 0.267. The van der Waals surface area contributed by atoms with Crippen LogP contribution in [0.1, 0.15) is 42.6 Å². The van der Waals surface area contributed by atoms with E-state index in [1.54, 1.807) is 18.2 Å². The molecule has 0 radical (unpaired) electrons. The van der Waals surface area contributed by atoms with Crippen molar-refractivity contribution in [3.63, 3.8) is 0 Å². The molecule has 0 aliphatic heterocycles. The molecule has 0 fully saturated rings. The Morgan fingerprint density at radius 2 is 1.95 bits per heavy atom. The predicted molar refractivity (Wildman–Crippen MR) is 76.8 cm³/mol. The molecule has 1 heterocycles. The number of aromatic nitrogens is 2. The Morgan fingerprint density at radius 3 is 2.55 bits per heavy atom. The van der Waals surface area contributed by atoms with E-state index in [4.69, 9.17) is 0 Å². The summed E-state index contributed by atoms with van der Waals surface area (Å²) < 4.78 is 0.989. The number of hydrogen-bond donors (Lipinski definition) is 1. The van der Waals surface area contributed by atoms with Crippen molar-refractivity contribution < 1.29 is 4.79 Å². The highest BCUT2D eigenvalue weighted by atomic mass is 16.2. The second-order valence-electron chi connectivity index (χ2n) is 4.95. The van der Waals surface area contributed by atoms with E-state index in [-0.39, 0.29) is 17.3 Å². The molecule has 1 aromatic heterocycles. The van der Waals surface area contributed by atoms with Crippen LogP contribution in [0.25, 0.3) is 5.69 Å². The third kappa shape index (κ3) is 2.47. The Hall–Kier alpha value is -2.43. The highest BCUT2D eigenvalue weighted by molar-refractivity contribution is 5.93. The van der Waals surface area contributed by atoms with Crippen molar-refractivity contribution in [1.82, 2.24) is 9.55 Å². The van der Waals surface area contributed by atoms with Crippen molar-refractivity contribution >= 4 is 5.78 Å². The van der Waals surface area contributed by atoms with Crippen molar-refractivity contribution in [3.8, 4) is 5.69 Å². The number of nitrogens with zero attached hydrogens (tertiary/aromatic N) is 1. The number of benzene rings is 1. The minimum absolute atomic E-state index is 0.0282. The average Bonchev–Trinajstić information content (AvgIpc) is 2.38. The molecule has 0 saturated carbocycles. The van der Waals surface area contributed by atoms with Crippen LogP contribution in [0.3, 0.4) is 0 Å². The topological polar surface area (TPSA) is 71.9 Å². The van der Waals surface area contributed by atoms with E-state index >= 15 is 0 Å². The summed E-state index contributed by atoms with van der Waals surface area (Å²) in [5, 5.41) is 0. The number of Topliss-reactive ketones (excluding diaryl/α,β-unsaturated/α-hetero) is 1. The van der Waals surface area contributed by atoms with E-state index in [2.05, 4.69) is 4.98 Å². The molecule has 2 aromatic rings. The van der Waals surface area contributed by atoms with Gasteiger partial charge in [-0.1, -0.05) is 26.0 Å². The van der Waals surface area contributed by atoms with Gasteiger partial charge in [-0.05, 0) is 30.5 Å². The van der Waals surface area contributed by atoms with Gasteiger partial charge in [0.2, 0.25) is 0 Å². The molecule has 1 N–H and O–H groups in total. The lowest BCUT2D eigenvalue weighted by Gasteiger charge is -2.10. The molecular weight excluding hydrogens is 256 g/mol. The number of aromatic amines is 1. The fourth-order valence-corrected chi connectivity index (χ4v) is 1.98. The number of nitrogens with one attached hydrogen (secondary N) is 1. The van der Waals surface area contributed by atoms with Crippen LogP contribution in [0, 0.1) is 0 Å². The predicted octanol–water partition coefficient (Wildman–Crippen LogP) is 1.85. The van der Waals surface area contributed by atoms with Gasteiger partial charge in [-0.15, -0.1) is 0 Å². The Morgan fingerprint density at radius 1 is 1.25 bits per heavy atom. The molecule has 0 aliphatic carbocycles. The molecule has 20 heavy (non-hydrogen) atoms. The van der Waals surface area contributed by atoms with Crippen molar-refractivity contribution in [2.24, 2.45) is 0 Å². The van der Waals surface area contributed by atoms with Crippen LogP contribution in [-0.2, 0) is 0 Å². The molecule has 0 amide bonds. The lowest BCUT2D eigenvalue weighted by molar-refractivity contribution is 0.101. The highest BCUT2D eigenvalue weighted by Gasteiger charge is 2.13. The first-order chi connectivity index (χ1) is 9.41. The van der Waals surface area contributed by atoms with Crippen LogP contribution < -0.4 is 11.2 Å². The molecule has 0 bridgehead atoms. The third-order valence-corrected chi connectivity index (χ3v) is 3.15. The summed E-state index contributed by atoms with van der Waals surface area (Å²) >= 11 is 0. The maximum Gasteiger partial charge on any atom is 0.333 e. The van der Waals surface area contributed by atoms with Crippen LogP contribution in [0.4, 0.5) is 0 Å². The van der Waals surface area contributed by atoms with Gasteiger partial charge in [0.05, 0.1) is 11.3 Å². The normalized spacial score (nSPS) is 10.8. The summed E-state index contributed by atoms with van der Waals surface area (Å²) in [6.45, 7) is 5.35. The van der Waals surface area contributed by atoms with Crippen LogP contribution in [0.2, 0.25) is 0 Å². The van der Waals surface area contributed by atoms with Crippen LogP contribution in [0.15, 0.2) is 40.1 Å². The Labute approximate surface area is 115 Å². The molecule has 0 atom stereocenters. The molecule has 104 valence electrons. The lowest BCUT2D eigenvalue weighted by atomic mass is 10.0. The van der Waals surface area contributed by atoms with Gasteiger partial charge in [0, 0.05) is 6.20 Å². The molecule has 0 aliphatic rings. The van der Waals surface area contributed by atoms with Crippen molar-refractivity contribution in [2.45, 2.75) is 26.7 Å². The summed E-state index contributed by atoms with van der Waals surface area (Å²) in [6, 6.07) is 7.18. The van der Waals surface area contributed by atoms with Gasteiger partial charge in [0.1, 0.15) is 0 Å². The quantitative estimate of drug-likeness (QED) is 0.867. The number of ketones is 1. The first-order valence-corrected chi connectivity index (χ1v) is 6.38. The van der Waals surface area contributed by atoms with E-state index in [1.165, 1.54) is 6.92 Å². The van der Waals surface area contributed by atoms with E-state index in [1.807, 2.05) is 19.9 Å². The van der Waals surface area contributed by atoms with E-state index in [0.29, 0.717) is 5.69 Å². The summed E-state index contributed by atoms with van der Waals surface area (Å²) in [6.07, 6.45) is 1.16. The van der Waals surface area contributed by atoms with Gasteiger partial charge >= 0.3 is 5.69 Å². The summed E-state index contributed by atoms with van der Waals surface area (Å²) in [4.78, 5) is 38.0. The standard InChI is InChI=1S/C15H16N2O3/c1-9(2)11-5-4-6-12(7-11)17-14(19)13(10(3)18)8-16-15(17)20/h4-9H,1-3H3,(H,16,20). The number of H-pyrrole nitrogens is 1. The van der Waals surface area contributed by atoms with Crippen molar-refractivity contribution in [1.29, 1.82) is 0 Å². The molecule has 5 nitrogen and oxygen atoms in total. The Bertz CT molecular complexity index is 769. The van der Waals surface area contributed by atoms with Crippen LogP contribution in [-0.4, -0.2) is 15.3 Å².